The monoisotopic (exact) mass is 243 g/mol. The summed E-state index contributed by atoms with van der Waals surface area (Å²) in [5.74, 6) is 0. The third-order valence-electron chi connectivity index (χ3n) is 3.27. The van der Waals surface area contributed by atoms with Crippen LogP contribution in [-0.4, -0.2) is 30.1 Å². The quantitative estimate of drug-likeness (QED) is 0.871. The molecule has 0 aromatic heterocycles. The molecule has 1 unspecified atom stereocenters. The van der Waals surface area contributed by atoms with Crippen molar-refractivity contribution in [2.24, 2.45) is 0 Å². The first-order valence-electron chi connectivity index (χ1n) is 6.56. The van der Waals surface area contributed by atoms with Gasteiger partial charge in [-0.05, 0) is 36.3 Å². The Morgan fingerprint density at radius 2 is 1.83 bits per heavy atom. The van der Waals surface area contributed by atoms with Crippen LogP contribution in [0.2, 0.25) is 0 Å². The Kier molecular flexibility index (Phi) is 4.34. The summed E-state index contributed by atoms with van der Waals surface area (Å²) in [6, 6.07) is 14.3. The highest BCUT2D eigenvalue weighted by Crippen LogP contribution is 2.24. The van der Waals surface area contributed by atoms with Gasteiger partial charge in [-0.1, -0.05) is 49.4 Å². The van der Waals surface area contributed by atoms with Crippen molar-refractivity contribution in [1.29, 1.82) is 0 Å². The van der Waals surface area contributed by atoms with Crippen LogP contribution in [0.1, 0.15) is 25.0 Å². The molecule has 96 valence electrons. The molecule has 2 rings (SSSR count). The number of aliphatic hydroxyl groups is 1. The highest BCUT2D eigenvalue weighted by molar-refractivity contribution is 5.85. The lowest BCUT2D eigenvalue weighted by Crippen LogP contribution is -2.25. The van der Waals surface area contributed by atoms with E-state index >= 15 is 0 Å². The maximum atomic E-state index is 10.4. The molecule has 0 aliphatic heterocycles. The highest BCUT2D eigenvalue weighted by Gasteiger charge is 2.12. The Labute approximate surface area is 109 Å². The molecule has 2 nitrogen and oxygen atoms in total. The zero-order chi connectivity index (χ0) is 13.0. The Morgan fingerprint density at radius 3 is 2.61 bits per heavy atom. The van der Waals surface area contributed by atoms with E-state index in [4.69, 9.17) is 0 Å². The van der Waals surface area contributed by atoms with Gasteiger partial charge in [0, 0.05) is 6.54 Å². The summed E-state index contributed by atoms with van der Waals surface area (Å²) in [6.07, 6.45) is 0.686. The third-order valence-corrected chi connectivity index (χ3v) is 3.27. The van der Waals surface area contributed by atoms with E-state index in [1.54, 1.807) is 0 Å². The van der Waals surface area contributed by atoms with E-state index in [1.165, 1.54) is 5.39 Å². The van der Waals surface area contributed by atoms with Gasteiger partial charge >= 0.3 is 0 Å². The summed E-state index contributed by atoms with van der Waals surface area (Å²) in [6.45, 7) is 3.85. The Bertz CT molecular complexity index is 504. The van der Waals surface area contributed by atoms with Gasteiger partial charge in [0.15, 0.2) is 0 Å². The molecule has 0 bridgehead atoms. The molecule has 0 aliphatic carbocycles. The Morgan fingerprint density at radius 1 is 1.11 bits per heavy atom. The van der Waals surface area contributed by atoms with Gasteiger partial charge < -0.3 is 10.0 Å². The molecule has 0 saturated carbocycles. The smallest absolute Gasteiger partial charge is 0.0922 e. The molecule has 18 heavy (non-hydrogen) atoms. The van der Waals surface area contributed by atoms with Crippen LogP contribution in [0.4, 0.5) is 0 Å². The molecule has 1 N–H and O–H groups in total. The third kappa shape index (κ3) is 2.89. The van der Waals surface area contributed by atoms with Crippen molar-refractivity contribution >= 4 is 10.8 Å². The van der Waals surface area contributed by atoms with Crippen molar-refractivity contribution < 1.29 is 5.11 Å². The van der Waals surface area contributed by atoms with Gasteiger partial charge in [0.25, 0.3) is 0 Å². The first-order chi connectivity index (χ1) is 8.72. The highest BCUT2D eigenvalue weighted by atomic mass is 16.3. The first-order valence-corrected chi connectivity index (χ1v) is 6.56. The topological polar surface area (TPSA) is 23.5 Å². The fourth-order valence-electron chi connectivity index (χ4n) is 2.41. The summed E-state index contributed by atoms with van der Waals surface area (Å²) < 4.78 is 0. The average Bonchev–Trinajstić information content (AvgIpc) is 2.38. The first kappa shape index (κ1) is 13.1. The molecular weight excluding hydrogens is 222 g/mol. The zero-order valence-corrected chi connectivity index (χ0v) is 11.1. The number of aliphatic hydroxyl groups excluding tert-OH is 1. The minimum absolute atomic E-state index is 0.423. The van der Waals surface area contributed by atoms with Crippen LogP contribution in [0, 0.1) is 0 Å². The summed E-state index contributed by atoms with van der Waals surface area (Å²) in [7, 11) is 2.05. The molecular formula is C16H21NO. The van der Waals surface area contributed by atoms with Gasteiger partial charge in [0.2, 0.25) is 0 Å². The largest absolute Gasteiger partial charge is 0.387 e. The maximum absolute atomic E-state index is 10.4. The number of hydrogen-bond acceptors (Lipinski definition) is 2. The fourth-order valence-corrected chi connectivity index (χ4v) is 2.41. The average molecular weight is 243 g/mol. The predicted octanol–water partition coefficient (Wildman–Crippen LogP) is 3.22. The lowest BCUT2D eigenvalue weighted by atomic mass is 10.0. The van der Waals surface area contributed by atoms with Crippen molar-refractivity contribution in [2.45, 2.75) is 19.4 Å². The van der Waals surface area contributed by atoms with E-state index in [9.17, 15) is 5.11 Å². The Hall–Kier alpha value is -1.38. The molecule has 2 aromatic carbocycles. The number of benzene rings is 2. The lowest BCUT2D eigenvalue weighted by Gasteiger charge is -2.21. The number of rotatable bonds is 5. The van der Waals surface area contributed by atoms with Gasteiger partial charge in [0.05, 0.1) is 6.10 Å². The van der Waals surface area contributed by atoms with E-state index < -0.39 is 6.10 Å². The summed E-state index contributed by atoms with van der Waals surface area (Å²) in [4.78, 5) is 2.17. The molecule has 0 radical (unpaired) electrons. The molecule has 0 amide bonds. The lowest BCUT2D eigenvalue weighted by molar-refractivity contribution is 0.128. The van der Waals surface area contributed by atoms with Gasteiger partial charge in [-0.25, -0.2) is 0 Å². The molecule has 2 heteroatoms. The number of hydrogen-bond donors (Lipinski definition) is 1. The molecule has 0 saturated heterocycles. The van der Waals surface area contributed by atoms with E-state index in [0.29, 0.717) is 6.54 Å². The van der Waals surface area contributed by atoms with E-state index in [0.717, 1.165) is 23.9 Å². The van der Waals surface area contributed by atoms with Crippen LogP contribution in [0.25, 0.3) is 10.8 Å². The summed E-state index contributed by atoms with van der Waals surface area (Å²) >= 11 is 0. The zero-order valence-electron chi connectivity index (χ0n) is 11.1. The van der Waals surface area contributed by atoms with Crippen LogP contribution < -0.4 is 0 Å². The molecule has 0 heterocycles. The van der Waals surface area contributed by atoms with Crippen molar-refractivity contribution in [2.75, 3.05) is 20.1 Å². The van der Waals surface area contributed by atoms with Crippen LogP contribution in [0.5, 0.6) is 0 Å². The van der Waals surface area contributed by atoms with Crippen LogP contribution >= 0.6 is 0 Å². The van der Waals surface area contributed by atoms with E-state index in [1.807, 2.05) is 24.3 Å². The van der Waals surface area contributed by atoms with Gasteiger partial charge in [-0.3, -0.25) is 0 Å². The van der Waals surface area contributed by atoms with E-state index in [2.05, 4.69) is 37.1 Å². The number of fused-ring (bicyclic) bond motifs is 1. The molecule has 0 spiro atoms. The van der Waals surface area contributed by atoms with Crippen molar-refractivity contribution in [3.63, 3.8) is 0 Å². The molecule has 0 aliphatic rings. The van der Waals surface area contributed by atoms with E-state index in [-0.39, 0.29) is 0 Å². The Balaban J connectivity index is 2.24. The maximum Gasteiger partial charge on any atom is 0.0922 e. The van der Waals surface area contributed by atoms with Crippen molar-refractivity contribution in [3.8, 4) is 0 Å². The molecule has 1 atom stereocenters. The summed E-state index contributed by atoms with van der Waals surface area (Å²) in [5.41, 5.74) is 1.02. The van der Waals surface area contributed by atoms with Crippen molar-refractivity contribution in [3.05, 3.63) is 48.0 Å². The second-order valence-corrected chi connectivity index (χ2v) is 4.85. The minimum Gasteiger partial charge on any atom is -0.387 e. The number of likely N-dealkylation sites (N-methyl/N-ethyl adjacent to an activating group) is 1. The molecule has 2 aromatic rings. The van der Waals surface area contributed by atoms with Gasteiger partial charge in [-0.2, -0.15) is 0 Å². The van der Waals surface area contributed by atoms with Crippen LogP contribution in [0.3, 0.4) is 0 Å². The van der Waals surface area contributed by atoms with Crippen LogP contribution in [-0.2, 0) is 0 Å². The fraction of sp³-hybridized carbons (Fsp3) is 0.375. The molecule has 0 fully saturated rings. The van der Waals surface area contributed by atoms with Crippen molar-refractivity contribution in [1.82, 2.24) is 4.90 Å². The SMILES string of the molecule is CCCN(C)CC(O)c1cccc2ccccc12. The minimum atomic E-state index is -0.423. The van der Waals surface area contributed by atoms with Gasteiger partial charge in [0.1, 0.15) is 0 Å². The second kappa shape index (κ2) is 5.98. The normalized spacial score (nSPS) is 13.1. The predicted molar refractivity (Wildman–Crippen MR) is 76.7 cm³/mol. The number of nitrogens with zero attached hydrogens (tertiary/aromatic N) is 1. The second-order valence-electron chi connectivity index (χ2n) is 4.85. The summed E-state index contributed by atoms with van der Waals surface area (Å²) in [5, 5.41) is 12.7. The standard InChI is InChI=1S/C16H21NO/c1-3-11-17(2)12-16(18)15-10-6-8-13-7-4-5-9-14(13)15/h4-10,16,18H,3,11-12H2,1-2H3. The van der Waals surface area contributed by atoms with Crippen LogP contribution in [0.15, 0.2) is 42.5 Å². The van der Waals surface area contributed by atoms with Gasteiger partial charge in [-0.15, -0.1) is 0 Å².